The number of likely N-dealkylation sites (N-methyl/N-ethyl adjacent to an activating group) is 1. The monoisotopic (exact) mass is 292 g/mol. The minimum atomic E-state index is -0.821. The minimum Gasteiger partial charge on any atom is -0.481 e. The second-order valence-electron chi connectivity index (χ2n) is 5.03. The molecule has 1 aliphatic rings. The number of amides is 1. The number of carboxylic acids is 1. The van der Waals surface area contributed by atoms with Gasteiger partial charge < -0.3 is 10.0 Å². The van der Waals surface area contributed by atoms with Gasteiger partial charge in [0.15, 0.2) is 0 Å². The quantitative estimate of drug-likeness (QED) is 0.808. The predicted molar refractivity (Wildman–Crippen MR) is 76.6 cm³/mol. The lowest BCUT2D eigenvalue weighted by molar-refractivity contribution is -0.139. The van der Waals surface area contributed by atoms with Crippen LogP contribution < -0.4 is 0 Å². The van der Waals surface area contributed by atoms with Crippen molar-refractivity contribution < 1.29 is 14.7 Å². The minimum absolute atomic E-state index is 0. The summed E-state index contributed by atoms with van der Waals surface area (Å²) >= 11 is 0. The topological polar surface area (TPSA) is 60.9 Å². The van der Waals surface area contributed by atoms with Crippen LogP contribution in [0, 0.1) is 0 Å². The molecule has 0 radical (unpaired) electrons. The molecule has 5 nitrogen and oxygen atoms in total. The van der Waals surface area contributed by atoms with E-state index in [1.54, 1.807) is 11.9 Å². The summed E-state index contributed by atoms with van der Waals surface area (Å²) in [4.78, 5) is 26.4. The zero-order valence-electron chi connectivity index (χ0n) is 11.8. The molecule has 6 heteroatoms. The van der Waals surface area contributed by atoms with Gasteiger partial charge in [0.1, 0.15) is 0 Å². The predicted octanol–water partition coefficient (Wildman–Crippen LogP) is 1.61. The van der Waals surface area contributed by atoms with Gasteiger partial charge in [0.05, 0.1) is 13.0 Å². The van der Waals surface area contributed by atoms with Crippen LogP contribution in [-0.2, 0) is 9.59 Å². The van der Waals surface area contributed by atoms with E-state index in [1.807, 2.05) is 4.90 Å². The lowest BCUT2D eigenvalue weighted by Crippen LogP contribution is -2.47. The van der Waals surface area contributed by atoms with E-state index in [0.29, 0.717) is 19.1 Å². The second kappa shape index (κ2) is 9.15. The number of nitrogens with zero attached hydrogens (tertiary/aromatic N) is 2. The SMILES string of the molecule is CCC1CCCCN1C(=O)CN(C)CCC(=O)O.Cl. The van der Waals surface area contributed by atoms with Crippen LogP contribution in [0.3, 0.4) is 0 Å². The maximum atomic E-state index is 12.2. The van der Waals surface area contributed by atoms with Crippen molar-refractivity contribution in [3.05, 3.63) is 0 Å². The fourth-order valence-corrected chi connectivity index (χ4v) is 2.44. The summed E-state index contributed by atoms with van der Waals surface area (Å²) in [6.07, 6.45) is 4.48. The van der Waals surface area contributed by atoms with Crippen LogP contribution in [0.2, 0.25) is 0 Å². The Hall–Kier alpha value is -0.810. The fraction of sp³-hybridized carbons (Fsp3) is 0.846. The van der Waals surface area contributed by atoms with Crippen molar-refractivity contribution in [3.8, 4) is 0 Å². The zero-order chi connectivity index (χ0) is 13.5. The number of piperidine rings is 1. The maximum absolute atomic E-state index is 12.2. The van der Waals surface area contributed by atoms with Gasteiger partial charge in [-0.25, -0.2) is 0 Å². The summed E-state index contributed by atoms with van der Waals surface area (Å²) < 4.78 is 0. The number of hydrogen-bond acceptors (Lipinski definition) is 3. The highest BCUT2D eigenvalue weighted by molar-refractivity contribution is 5.85. The van der Waals surface area contributed by atoms with Crippen molar-refractivity contribution in [1.82, 2.24) is 9.80 Å². The summed E-state index contributed by atoms with van der Waals surface area (Å²) in [6, 6.07) is 0.374. The van der Waals surface area contributed by atoms with Gasteiger partial charge in [-0.2, -0.15) is 0 Å². The molecule has 1 heterocycles. The van der Waals surface area contributed by atoms with E-state index in [2.05, 4.69) is 6.92 Å². The van der Waals surface area contributed by atoms with Gasteiger partial charge in [-0.05, 0) is 32.7 Å². The van der Waals surface area contributed by atoms with Crippen LogP contribution >= 0.6 is 12.4 Å². The van der Waals surface area contributed by atoms with Crippen molar-refractivity contribution in [1.29, 1.82) is 0 Å². The highest BCUT2D eigenvalue weighted by atomic mass is 35.5. The van der Waals surface area contributed by atoms with E-state index in [0.717, 1.165) is 25.8 Å². The Bertz CT molecular complexity index is 300. The summed E-state index contributed by atoms with van der Waals surface area (Å²) in [7, 11) is 1.80. The molecule has 1 unspecified atom stereocenters. The van der Waals surface area contributed by atoms with E-state index in [9.17, 15) is 9.59 Å². The smallest absolute Gasteiger partial charge is 0.304 e. The van der Waals surface area contributed by atoms with Gasteiger partial charge in [-0.3, -0.25) is 14.5 Å². The van der Waals surface area contributed by atoms with Gasteiger partial charge in [-0.15, -0.1) is 12.4 Å². The van der Waals surface area contributed by atoms with E-state index in [1.165, 1.54) is 6.42 Å². The number of aliphatic carboxylic acids is 1. The number of likely N-dealkylation sites (tertiary alicyclic amines) is 1. The molecule has 1 amide bonds. The number of hydrogen-bond donors (Lipinski definition) is 1. The standard InChI is InChI=1S/C13H24N2O3.ClH/c1-3-11-6-4-5-8-15(11)12(16)10-14(2)9-7-13(17)18;/h11H,3-10H2,1-2H3,(H,17,18);1H. The molecule has 0 bridgehead atoms. The molecule has 0 saturated carbocycles. The molecular weight excluding hydrogens is 268 g/mol. The lowest BCUT2D eigenvalue weighted by atomic mass is 10.00. The molecule has 0 aromatic rings. The van der Waals surface area contributed by atoms with Crippen LogP contribution in [0.15, 0.2) is 0 Å². The first-order chi connectivity index (χ1) is 8.54. The Balaban J connectivity index is 0.00000324. The second-order valence-corrected chi connectivity index (χ2v) is 5.03. The largest absolute Gasteiger partial charge is 0.481 e. The molecule has 112 valence electrons. The summed E-state index contributed by atoms with van der Waals surface area (Å²) in [5.74, 6) is -0.687. The van der Waals surface area contributed by atoms with Gasteiger partial charge in [0, 0.05) is 19.1 Å². The summed E-state index contributed by atoms with van der Waals surface area (Å²) in [5.41, 5.74) is 0. The highest BCUT2D eigenvalue weighted by Crippen LogP contribution is 2.19. The van der Waals surface area contributed by atoms with Crippen molar-refractivity contribution in [3.63, 3.8) is 0 Å². The van der Waals surface area contributed by atoms with Gasteiger partial charge >= 0.3 is 5.97 Å². The fourth-order valence-electron chi connectivity index (χ4n) is 2.44. The number of halogens is 1. The van der Waals surface area contributed by atoms with Crippen molar-refractivity contribution in [2.75, 3.05) is 26.7 Å². The van der Waals surface area contributed by atoms with Crippen LogP contribution in [0.4, 0.5) is 0 Å². The van der Waals surface area contributed by atoms with Gasteiger partial charge in [0.25, 0.3) is 0 Å². The average Bonchev–Trinajstić information content (AvgIpc) is 2.36. The number of rotatable bonds is 6. The molecule has 0 aromatic carbocycles. The molecule has 1 fully saturated rings. The maximum Gasteiger partial charge on any atom is 0.304 e. The molecule has 1 saturated heterocycles. The third kappa shape index (κ3) is 6.25. The first-order valence-electron chi connectivity index (χ1n) is 6.74. The molecule has 0 spiro atoms. The molecule has 19 heavy (non-hydrogen) atoms. The van der Waals surface area contributed by atoms with Crippen molar-refractivity contribution in [2.24, 2.45) is 0 Å². The lowest BCUT2D eigenvalue weighted by Gasteiger charge is -2.36. The van der Waals surface area contributed by atoms with Crippen molar-refractivity contribution in [2.45, 2.75) is 45.1 Å². The summed E-state index contributed by atoms with van der Waals surface area (Å²) in [6.45, 7) is 3.71. The Kier molecular flexibility index (Phi) is 8.76. The van der Waals surface area contributed by atoms with Crippen LogP contribution in [0.1, 0.15) is 39.0 Å². The Morgan fingerprint density at radius 2 is 2.05 bits per heavy atom. The Morgan fingerprint density at radius 1 is 1.37 bits per heavy atom. The molecule has 1 rings (SSSR count). The van der Waals surface area contributed by atoms with E-state index >= 15 is 0 Å². The third-order valence-corrected chi connectivity index (χ3v) is 3.53. The number of carbonyl (C=O) groups is 2. The average molecular weight is 293 g/mol. The first-order valence-corrected chi connectivity index (χ1v) is 6.74. The number of carboxylic acid groups (broad SMARTS) is 1. The van der Waals surface area contributed by atoms with Gasteiger partial charge in [0.2, 0.25) is 5.91 Å². The molecule has 0 aliphatic carbocycles. The number of carbonyl (C=O) groups excluding carboxylic acids is 1. The normalized spacial score (nSPS) is 19.1. The van der Waals surface area contributed by atoms with E-state index in [4.69, 9.17) is 5.11 Å². The van der Waals surface area contributed by atoms with Crippen LogP contribution in [-0.4, -0.2) is 59.5 Å². The highest BCUT2D eigenvalue weighted by Gasteiger charge is 2.25. The molecule has 0 aromatic heterocycles. The first kappa shape index (κ1) is 18.2. The third-order valence-electron chi connectivity index (χ3n) is 3.53. The van der Waals surface area contributed by atoms with Crippen LogP contribution in [0.25, 0.3) is 0 Å². The molecule has 1 N–H and O–H groups in total. The van der Waals surface area contributed by atoms with Crippen LogP contribution in [0.5, 0.6) is 0 Å². The Morgan fingerprint density at radius 3 is 2.63 bits per heavy atom. The molecule has 1 aliphatic heterocycles. The molecular formula is C13H25ClN2O3. The zero-order valence-corrected chi connectivity index (χ0v) is 12.6. The van der Waals surface area contributed by atoms with Crippen molar-refractivity contribution >= 4 is 24.3 Å². The van der Waals surface area contributed by atoms with Gasteiger partial charge in [-0.1, -0.05) is 6.92 Å². The van der Waals surface area contributed by atoms with E-state index in [-0.39, 0.29) is 24.7 Å². The van der Waals surface area contributed by atoms with E-state index < -0.39 is 5.97 Å². The molecule has 1 atom stereocenters. The summed E-state index contributed by atoms with van der Waals surface area (Å²) in [5, 5.41) is 8.60. The Labute approximate surface area is 121 Å².